The lowest BCUT2D eigenvalue weighted by molar-refractivity contribution is -0.0550. The second kappa shape index (κ2) is 2.34. The summed E-state index contributed by atoms with van der Waals surface area (Å²) in [6, 6.07) is 0. The molecule has 1 fully saturated rings. The van der Waals surface area contributed by atoms with Crippen molar-refractivity contribution in [1.29, 1.82) is 0 Å². The molecule has 1 rings (SSSR count). The molecule has 0 aliphatic carbocycles. The Morgan fingerprint density at radius 1 is 1.20 bits per heavy atom. The summed E-state index contributed by atoms with van der Waals surface area (Å²) in [5.74, 6) is 0. The summed E-state index contributed by atoms with van der Waals surface area (Å²) in [7, 11) is 3.28. The first-order valence-electron chi connectivity index (χ1n) is 2.91. The Bertz CT molecular complexity index is 148. The molecule has 0 aromatic carbocycles. The van der Waals surface area contributed by atoms with Gasteiger partial charge >= 0.3 is 0 Å². The molecule has 0 spiro atoms. The Kier molecular flexibility index (Phi) is 1.80. The normalized spacial score (nSPS) is 33.8. The third-order valence-corrected chi connectivity index (χ3v) is 2.24. The van der Waals surface area contributed by atoms with E-state index in [1.165, 1.54) is 9.80 Å². The number of nitrogens with zero attached hydrogens (tertiary/aromatic N) is 2. The Hall–Kier alpha value is -0.390. The first-order chi connectivity index (χ1) is 4.55. The van der Waals surface area contributed by atoms with E-state index in [1.807, 2.05) is 0 Å². The highest BCUT2D eigenvalue weighted by Gasteiger charge is 2.36. The van der Waals surface area contributed by atoms with Gasteiger partial charge in [0.2, 0.25) is 0 Å². The summed E-state index contributed by atoms with van der Waals surface area (Å²) in [6.07, 6.45) is -1.78. The fourth-order valence-corrected chi connectivity index (χ4v) is 1.09. The highest BCUT2D eigenvalue weighted by Crippen LogP contribution is 2.15. The van der Waals surface area contributed by atoms with Gasteiger partial charge in [-0.3, -0.25) is 0 Å². The van der Waals surface area contributed by atoms with Crippen LogP contribution in [0.3, 0.4) is 0 Å². The molecule has 0 radical (unpaired) electrons. The van der Waals surface area contributed by atoms with Crippen molar-refractivity contribution in [3.63, 3.8) is 0 Å². The lowest BCUT2D eigenvalue weighted by Gasteiger charge is -2.13. The van der Waals surface area contributed by atoms with Gasteiger partial charge in [0.1, 0.15) is 0 Å². The van der Waals surface area contributed by atoms with Gasteiger partial charge in [-0.25, -0.2) is 0 Å². The number of hydrogen-bond acceptors (Lipinski definition) is 3. The van der Waals surface area contributed by atoms with Gasteiger partial charge in [-0.15, -0.1) is 0 Å². The van der Waals surface area contributed by atoms with Crippen LogP contribution in [0.25, 0.3) is 0 Å². The van der Waals surface area contributed by atoms with Crippen molar-refractivity contribution in [3.8, 4) is 0 Å². The molecule has 5 heteroatoms. The number of thiocarbonyl (C=S) groups is 1. The molecule has 10 heavy (non-hydrogen) atoms. The van der Waals surface area contributed by atoms with E-state index < -0.39 is 12.5 Å². The average Bonchev–Trinajstić information content (AvgIpc) is 2.07. The summed E-state index contributed by atoms with van der Waals surface area (Å²) in [5, 5.41) is 18.8. The molecule has 0 aromatic rings. The third kappa shape index (κ3) is 0.865. The predicted octanol–water partition coefficient (Wildman–Crippen LogP) is -1.21. The maximum atomic E-state index is 9.15. The number of aliphatic hydroxyl groups excluding tert-OH is 2. The van der Waals surface area contributed by atoms with Crippen LogP contribution in [0.4, 0.5) is 0 Å². The zero-order chi connectivity index (χ0) is 7.89. The molecule has 0 saturated carbocycles. The summed E-state index contributed by atoms with van der Waals surface area (Å²) in [6.45, 7) is 0. The van der Waals surface area contributed by atoms with Crippen LogP contribution in [-0.4, -0.2) is 51.7 Å². The minimum absolute atomic E-state index is 0.458. The van der Waals surface area contributed by atoms with Gasteiger partial charge in [-0.1, -0.05) is 0 Å². The van der Waals surface area contributed by atoms with Crippen LogP contribution >= 0.6 is 12.2 Å². The molecule has 0 bridgehead atoms. The van der Waals surface area contributed by atoms with Crippen LogP contribution in [0.5, 0.6) is 0 Å². The molecule has 1 aliphatic rings. The fraction of sp³-hybridized carbons (Fsp3) is 0.800. The van der Waals surface area contributed by atoms with Crippen LogP contribution in [0.1, 0.15) is 0 Å². The zero-order valence-electron chi connectivity index (χ0n) is 5.85. The highest BCUT2D eigenvalue weighted by atomic mass is 32.1. The van der Waals surface area contributed by atoms with E-state index >= 15 is 0 Å². The van der Waals surface area contributed by atoms with Crippen molar-refractivity contribution < 1.29 is 10.2 Å². The maximum absolute atomic E-state index is 9.15. The molecule has 0 unspecified atom stereocenters. The van der Waals surface area contributed by atoms with Gasteiger partial charge in [-0.05, 0) is 12.2 Å². The van der Waals surface area contributed by atoms with Crippen molar-refractivity contribution in [3.05, 3.63) is 0 Å². The van der Waals surface area contributed by atoms with Crippen LogP contribution in [0.2, 0.25) is 0 Å². The number of aliphatic hydroxyl groups is 2. The van der Waals surface area contributed by atoms with E-state index in [-0.39, 0.29) is 0 Å². The van der Waals surface area contributed by atoms with Crippen LogP contribution in [0.15, 0.2) is 0 Å². The monoisotopic (exact) mass is 162 g/mol. The van der Waals surface area contributed by atoms with E-state index in [0.717, 1.165) is 0 Å². The van der Waals surface area contributed by atoms with Crippen molar-refractivity contribution >= 4 is 17.3 Å². The van der Waals surface area contributed by atoms with E-state index in [1.54, 1.807) is 14.1 Å². The Morgan fingerprint density at radius 2 is 1.50 bits per heavy atom. The molecule has 0 aromatic heterocycles. The quantitative estimate of drug-likeness (QED) is 0.437. The Labute approximate surface area is 64.7 Å². The topological polar surface area (TPSA) is 46.9 Å². The van der Waals surface area contributed by atoms with Crippen molar-refractivity contribution in [2.75, 3.05) is 14.1 Å². The number of hydrogen-bond donors (Lipinski definition) is 2. The summed E-state index contributed by atoms with van der Waals surface area (Å²) in [4.78, 5) is 2.89. The highest BCUT2D eigenvalue weighted by molar-refractivity contribution is 7.80. The van der Waals surface area contributed by atoms with E-state index in [2.05, 4.69) is 0 Å². The molecular formula is C5H10N2O2S. The van der Waals surface area contributed by atoms with Gasteiger partial charge in [0.25, 0.3) is 0 Å². The first kappa shape index (κ1) is 7.71. The summed E-state index contributed by atoms with van der Waals surface area (Å²) >= 11 is 4.85. The second-order valence-electron chi connectivity index (χ2n) is 2.33. The van der Waals surface area contributed by atoms with Gasteiger partial charge in [0.15, 0.2) is 17.6 Å². The van der Waals surface area contributed by atoms with E-state index in [9.17, 15) is 0 Å². The first-order valence-corrected chi connectivity index (χ1v) is 3.32. The standard InChI is InChI=1S/C5H10N2O2S/c1-6-3(8)4(9)7(2)5(6)10/h3-4,8-9H,1-2H3/t3-,4-/m0/s1. The maximum Gasteiger partial charge on any atom is 0.175 e. The molecule has 1 saturated heterocycles. The number of rotatable bonds is 0. The lowest BCUT2D eigenvalue weighted by atomic mass is 10.5. The molecule has 2 N–H and O–H groups in total. The average molecular weight is 162 g/mol. The van der Waals surface area contributed by atoms with Crippen LogP contribution < -0.4 is 0 Å². The minimum Gasteiger partial charge on any atom is -0.369 e. The fourth-order valence-electron chi connectivity index (χ4n) is 0.875. The minimum atomic E-state index is -0.891. The van der Waals surface area contributed by atoms with Crippen LogP contribution in [0, 0.1) is 0 Å². The van der Waals surface area contributed by atoms with Crippen LogP contribution in [-0.2, 0) is 0 Å². The predicted molar refractivity (Wildman–Crippen MR) is 40.1 cm³/mol. The SMILES string of the molecule is CN1C(=S)N(C)[C@@H](O)[C@@H]1O. The second-order valence-corrected chi connectivity index (χ2v) is 2.70. The van der Waals surface area contributed by atoms with E-state index in [4.69, 9.17) is 22.4 Å². The van der Waals surface area contributed by atoms with Crippen molar-refractivity contribution in [2.24, 2.45) is 0 Å². The Morgan fingerprint density at radius 3 is 1.60 bits per heavy atom. The molecule has 58 valence electrons. The molecule has 4 nitrogen and oxygen atoms in total. The van der Waals surface area contributed by atoms with E-state index in [0.29, 0.717) is 5.11 Å². The summed E-state index contributed by atoms with van der Waals surface area (Å²) in [5.41, 5.74) is 0. The third-order valence-electron chi connectivity index (χ3n) is 1.66. The molecule has 1 aliphatic heterocycles. The van der Waals surface area contributed by atoms with Gasteiger partial charge in [-0.2, -0.15) is 0 Å². The zero-order valence-corrected chi connectivity index (χ0v) is 6.67. The molecule has 2 atom stereocenters. The van der Waals surface area contributed by atoms with Gasteiger partial charge in [0.05, 0.1) is 0 Å². The summed E-state index contributed by atoms with van der Waals surface area (Å²) < 4.78 is 0. The molecule has 0 amide bonds. The largest absolute Gasteiger partial charge is 0.369 e. The number of likely N-dealkylation sites (N-methyl/N-ethyl adjacent to an activating group) is 2. The Balaban J connectivity index is 2.78. The smallest absolute Gasteiger partial charge is 0.175 e. The van der Waals surface area contributed by atoms with Gasteiger partial charge in [0, 0.05) is 14.1 Å². The molecule has 1 heterocycles. The van der Waals surface area contributed by atoms with Crippen molar-refractivity contribution in [1.82, 2.24) is 9.80 Å². The lowest BCUT2D eigenvalue weighted by Crippen LogP contribution is -2.34. The molecular weight excluding hydrogens is 152 g/mol. The van der Waals surface area contributed by atoms with Crippen molar-refractivity contribution in [2.45, 2.75) is 12.5 Å². The van der Waals surface area contributed by atoms with Gasteiger partial charge < -0.3 is 20.0 Å².